The third-order valence-corrected chi connectivity index (χ3v) is 3.06. The van der Waals surface area contributed by atoms with Gasteiger partial charge < -0.3 is 20.5 Å². The van der Waals surface area contributed by atoms with Crippen LogP contribution in [0.15, 0.2) is 22.7 Å². The monoisotopic (exact) mass is 358 g/mol. The minimum absolute atomic E-state index is 0.0749. The van der Waals surface area contributed by atoms with Crippen LogP contribution in [0, 0.1) is 0 Å². The number of phenols is 1. The second-order valence-electron chi connectivity index (χ2n) is 5.95. The molecule has 3 N–H and O–H groups in total. The lowest BCUT2D eigenvalue weighted by Gasteiger charge is -2.22. The normalized spacial score (nSPS) is 12.8. The molecule has 0 heterocycles. The van der Waals surface area contributed by atoms with Gasteiger partial charge in [-0.3, -0.25) is 0 Å². The van der Waals surface area contributed by atoms with Crippen molar-refractivity contribution in [3.05, 3.63) is 28.2 Å². The van der Waals surface area contributed by atoms with Gasteiger partial charge in [-0.2, -0.15) is 0 Å². The Bertz CT molecular complexity index is 486. The number of halogens is 1. The Morgan fingerprint density at radius 2 is 2.10 bits per heavy atom. The molecule has 5 nitrogen and oxygen atoms in total. The van der Waals surface area contributed by atoms with Crippen LogP contribution in [0.2, 0.25) is 0 Å². The van der Waals surface area contributed by atoms with E-state index in [0.29, 0.717) is 13.1 Å². The fourth-order valence-electron chi connectivity index (χ4n) is 1.68. The molecule has 0 saturated carbocycles. The smallest absolute Gasteiger partial charge is 0.407 e. The molecule has 0 aromatic heterocycles. The van der Waals surface area contributed by atoms with Crippen LogP contribution in [0.5, 0.6) is 5.75 Å². The zero-order valence-corrected chi connectivity index (χ0v) is 14.5. The minimum atomic E-state index is -0.501. The Morgan fingerprint density at radius 1 is 1.43 bits per heavy atom. The van der Waals surface area contributed by atoms with Gasteiger partial charge in [0.25, 0.3) is 0 Å². The molecule has 0 radical (unpaired) electrons. The average Bonchev–Trinajstić information content (AvgIpc) is 2.31. The first-order valence-corrected chi connectivity index (χ1v) is 7.64. The molecule has 6 heteroatoms. The zero-order valence-electron chi connectivity index (χ0n) is 12.9. The minimum Gasteiger partial charge on any atom is -0.508 e. The molecule has 0 aliphatic rings. The van der Waals surface area contributed by atoms with Crippen molar-refractivity contribution >= 4 is 22.0 Å². The van der Waals surface area contributed by atoms with Crippen molar-refractivity contribution in [2.75, 3.05) is 6.54 Å². The first-order valence-electron chi connectivity index (χ1n) is 6.85. The van der Waals surface area contributed by atoms with E-state index < -0.39 is 11.7 Å². The first-order chi connectivity index (χ1) is 9.67. The molecule has 118 valence electrons. The molecule has 1 aromatic rings. The van der Waals surface area contributed by atoms with Crippen molar-refractivity contribution in [3.63, 3.8) is 0 Å². The molecule has 0 bridgehead atoms. The Balaban J connectivity index is 2.35. The number of carbonyl (C=O) groups is 1. The molecule has 1 unspecified atom stereocenters. The van der Waals surface area contributed by atoms with Crippen LogP contribution in [0.25, 0.3) is 0 Å². The molecule has 21 heavy (non-hydrogen) atoms. The molecule has 1 atom stereocenters. The summed E-state index contributed by atoms with van der Waals surface area (Å²) in [6.45, 7) is 8.46. The van der Waals surface area contributed by atoms with Crippen LogP contribution >= 0.6 is 15.9 Å². The van der Waals surface area contributed by atoms with E-state index in [9.17, 15) is 9.90 Å². The van der Waals surface area contributed by atoms with E-state index in [4.69, 9.17) is 4.74 Å². The molecular weight excluding hydrogens is 336 g/mol. The molecular formula is C15H23BrN2O3. The van der Waals surface area contributed by atoms with Crippen LogP contribution in [-0.4, -0.2) is 29.4 Å². The van der Waals surface area contributed by atoms with E-state index >= 15 is 0 Å². The van der Waals surface area contributed by atoms with E-state index in [1.54, 1.807) is 12.1 Å². The quantitative estimate of drug-likeness (QED) is 0.755. The Morgan fingerprint density at radius 3 is 2.71 bits per heavy atom. The van der Waals surface area contributed by atoms with E-state index in [-0.39, 0.29) is 11.8 Å². The van der Waals surface area contributed by atoms with Crippen LogP contribution in [0.4, 0.5) is 4.79 Å². The number of hydrogen-bond acceptors (Lipinski definition) is 4. The van der Waals surface area contributed by atoms with Crippen molar-refractivity contribution in [1.29, 1.82) is 0 Å². The lowest BCUT2D eigenvalue weighted by atomic mass is 10.2. The van der Waals surface area contributed by atoms with E-state index in [1.165, 1.54) is 0 Å². The van der Waals surface area contributed by atoms with Gasteiger partial charge in [-0.1, -0.05) is 15.9 Å². The number of amides is 1. The van der Waals surface area contributed by atoms with Crippen LogP contribution in [-0.2, 0) is 11.3 Å². The first kappa shape index (κ1) is 17.8. The van der Waals surface area contributed by atoms with E-state index in [1.807, 2.05) is 33.8 Å². The largest absolute Gasteiger partial charge is 0.508 e. The summed E-state index contributed by atoms with van der Waals surface area (Å²) in [7, 11) is 0. The lowest BCUT2D eigenvalue weighted by Crippen LogP contribution is -2.42. The Labute approximate surface area is 134 Å². The van der Waals surface area contributed by atoms with Gasteiger partial charge in [0.05, 0.1) is 0 Å². The number of phenolic OH excluding ortho intramolecular Hbond substituents is 1. The average molecular weight is 359 g/mol. The molecule has 0 spiro atoms. The molecule has 0 aliphatic carbocycles. The molecule has 0 fully saturated rings. The number of alkyl carbamates (subject to hydrolysis) is 1. The van der Waals surface area contributed by atoms with Gasteiger partial charge in [0, 0.05) is 29.2 Å². The Kier molecular flexibility index (Phi) is 6.48. The van der Waals surface area contributed by atoms with Gasteiger partial charge in [-0.25, -0.2) is 4.79 Å². The molecule has 1 aromatic carbocycles. The van der Waals surface area contributed by atoms with Crippen LogP contribution < -0.4 is 10.6 Å². The summed E-state index contributed by atoms with van der Waals surface area (Å²) >= 11 is 3.37. The van der Waals surface area contributed by atoms with Crippen molar-refractivity contribution in [2.45, 2.75) is 45.9 Å². The third kappa shape index (κ3) is 7.34. The molecule has 0 aliphatic heterocycles. The molecule has 1 amide bonds. The van der Waals surface area contributed by atoms with Crippen LogP contribution in [0.3, 0.4) is 0 Å². The maximum atomic E-state index is 11.6. The van der Waals surface area contributed by atoms with Gasteiger partial charge >= 0.3 is 6.09 Å². The zero-order chi connectivity index (χ0) is 16.0. The summed E-state index contributed by atoms with van der Waals surface area (Å²) in [5.74, 6) is 0.249. The number of hydrogen-bond donors (Lipinski definition) is 3. The van der Waals surface area contributed by atoms with Gasteiger partial charge in [0.1, 0.15) is 11.4 Å². The predicted molar refractivity (Wildman–Crippen MR) is 86.3 cm³/mol. The predicted octanol–water partition coefficient (Wildman–Crippen LogP) is 3.16. The number of benzene rings is 1. The summed E-state index contributed by atoms with van der Waals surface area (Å²) in [6.07, 6.45) is -0.429. The van der Waals surface area contributed by atoms with Crippen LogP contribution in [0.1, 0.15) is 33.3 Å². The number of carbonyl (C=O) groups excluding carboxylic acids is 1. The van der Waals surface area contributed by atoms with Gasteiger partial charge in [0.2, 0.25) is 0 Å². The highest BCUT2D eigenvalue weighted by molar-refractivity contribution is 9.10. The topological polar surface area (TPSA) is 70.6 Å². The molecule has 1 rings (SSSR count). The maximum absolute atomic E-state index is 11.6. The highest BCUT2D eigenvalue weighted by Crippen LogP contribution is 2.21. The van der Waals surface area contributed by atoms with E-state index in [0.717, 1.165) is 10.0 Å². The van der Waals surface area contributed by atoms with Crippen molar-refractivity contribution in [2.24, 2.45) is 0 Å². The number of rotatable bonds is 5. The van der Waals surface area contributed by atoms with Gasteiger partial charge in [0.15, 0.2) is 0 Å². The van der Waals surface area contributed by atoms with Crippen molar-refractivity contribution in [1.82, 2.24) is 10.6 Å². The summed E-state index contributed by atoms with van der Waals surface area (Å²) in [5, 5.41) is 15.7. The fourth-order valence-corrected chi connectivity index (χ4v) is 2.09. The molecule has 0 saturated heterocycles. The van der Waals surface area contributed by atoms with Gasteiger partial charge in [-0.05, 0) is 45.9 Å². The lowest BCUT2D eigenvalue weighted by molar-refractivity contribution is 0.0508. The number of ether oxygens (including phenoxy) is 1. The van der Waals surface area contributed by atoms with Crippen molar-refractivity contribution < 1.29 is 14.6 Å². The highest BCUT2D eigenvalue weighted by Gasteiger charge is 2.17. The second-order valence-corrected chi connectivity index (χ2v) is 6.87. The number of nitrogens with one attached hydrogen (secondary N) is 2. The summed E-state index contributed by atoms with van der Waals surface area (Å²) in [4.78, 5) is 11.6. The maximum Gasteiger partial charge on any atom is 0.407 e. The number of aromatic hydroxyl groups is 1. The SMILES string of the molecule is CC(CNCc1cc(Br)ccc1O)NC(=O)OC(C)(C)C. The summed E-state index contributed by atoms with van der Waals surface area (Å²) in [5.41, 5.74) is 0.299. The second kappa shape index (κ2) is 7.66. The Hall–Kier alpha value is -1.27. The summed E-state index contributed by atoms with van der Waals surface area (Å²) in [6, 6.07) is 5.21. The third-order valence-electron chi connectivity index (χ3n) is 2.57. The van der Waals surface area contributed by atoms with Crippen molar-refractivity contribution in [3.8, 4) is 5.75 Å². The van der Waals surface area contributed by atoms with E-state index in [2.05, 4.69) is 26.6 Å². The fraction of sp³-hybridized carbons (Fsp3) is 0.533. The van der Waals surface area contributed by atoms with Gasteiger partial charge in [-0.15, -0.1) is 0 Å². The summed E-state index contributed by atoms with van der Waals surface area (Å²) < 4.78 is 6.10. The standard InChI is InChI=1S/C15H23BrN2O3/c1-10(18-14(20)21-15(2,3)4)8-17-9-11-7-12(16)5-6-13(11)19/h5-7,10,17,19H,8-9H2,1-4H3,(H,18,20). The highest BCUT2D eigenvalue weighted by atomic mass is 79.9.